The summed E-state index contributed by atoms with van der Waals surface area (Å²) < 4.78 is 0. The van der Waals surface area contributed by atoms with E-state index in [4.69, 9.17) is 5.26 Å². The highest BCUT2D eigenvalue weighted by Crippen LogP contribution is 2.43. The molecule has 0 aliphatic heterocycles. The normalized spacial score (nSPS) is 20.9. The molecule has 0 aromatic carbocycles. The van der Waals surface area contributed by atoms with Crippen molar-refractivity contribution in [3.05, 3.63) is 0 Å². The fourth-order valence-corrected chi connectivity index (χ4v) is 0.843. The topological polar surface area (TPSA) is 35.8 Å². The second-order valence-corrected chi connectivity index (χ2v) is 2.67. The van der Waals surface area contributed by atoms with E-state index in [-0.39, 0.29) is 5.41 Å². The van der Waals surface area contributed by atoms with Crippen LogP contribution in [-0.4, -0.2) is 13.1 Å². The van der Waals surface area contributed by atoms with Gasteiger partial charge >= 0.3 is 0 Å². The van der Waals surface area contributed by atoms with E-state index in [1.165, 1.54) is 0 Å². The van der Waals surface area contributed by atoms with Crippen LogP contribution in [0.15, 0.2) is 0 Å². The molecule has 1 saturated carbocycles. The van der Waals surface area contributed by atoms with Gasteiger partial charge in [0.2, 0.25) is 0 Å². The molecule has 0 spiro atoms. The first-order valence-corrected chi connectivity index (χ1v) is 3.45. The Hall–Kier alpha value is -0.550. The average molecular weight is 124 g/mol. The molecule has 2 heteroatoms. The Kier molecular flexibility index (Phi) is 1.73. The zero-order valence-corrected chi connectivity index (χ0v) is 5.78. The molecule has 0 aromatic heterocycles. The van der Waals surface area contributed by atoms with Crippen LogP contribution in [0.1, 0.15) is 19.8 Å². The Morgan fingerprint density at radius 2 is 2.33 bits per heavy atom. The lowest BCUT2D eigenvalue weighted by Gasteiger charge is -2.03. The fourth-order valence-electron chi connectivity index (χ4n) is 0.843. The average Bonchev–Trinajstić information content (AvgIpc) is 2.65. The minimum absolute atomic E-state index is 0.0377. The Balaban J connectivity index is 2.20. The van der Waals surface area contributed by atoms with E-state index in [0.717, 1.165) is 25.9 Å². The van der Waals surface area contributed by atoms with Gasteiger partial charge in [-0.05, 0) is 19.4 Å². The van der Waals surface area contributed by atoms with Crippen molar-refractivity contribution in [2.24, 2.45) is 5.41 Å². The SMILES string of the molecule is CCNCC1(C#N)CC1. The summed E-state index contributed by atoms with van der Waals surface area (Å²) in [7, 11) is 0. The number of hydrogen-bond acceptors (Lipinski definition) is 2. The third kappa shape index (κ3) is 1.43. The lowest BCUT2D eigenvalue weighted by atomic mass is 10.1. The molecule has 9 heavy (non-hydrogen) atoms. The summed E-state index contributed by atoms with van der Waals surface area (Å²) in [5.41, 5.74) is 0.0377. The summed E-state index contributed by atoms with van der Waals surface area (Å²) in [6.45, 7) is 3.93. The van der Waals surface area contributed by atoms with Crippen LogP contribution in [0, 0.1) is 16.7 Å². The summed E-state index contributed by atoms with van der Waals surface area (Å²) in [4.78, 5) is 0. The predicted octanol–water partition coefficient (Wildman–Crippen LogP) is 0.900. The zero-order valence-electron chi connectivity index (χ0n) is 5.78. The second-order valence-electron chi connectivity index (χ2n) is 2.67. The van der Waals surface area contributed by atoms with Gasteiger partial charge in [0.25, 0.3) is 0 Å². The molecule has 0 unspecified atom stereocenters. The summed E-state index contributed by atoms with van der Waals surface area (Å²) in [5.74, 6) is 0. The van der Waals surface area contributed by atoms with Gasteiger partial charge < -0.3 is 5.32 Å². The maximum Gasteiger partial charge on any atom is 0.0703 e. The number of nitrogens with one attached hydrogen (secondary N) is 1. The van der Waals surface area contributed by atoms with Crippen molar-refractivity contribution < 1.29 is 0 Å². The predicted molar refractivity (Wildman–Crippen MR) is 35.8 cm³/mol. The van der Waals surface area contributed by atoms with Gasteiger partial charge in [0.1, 0.15) is 0 Å². The smallest absolute Gasteiger partial charge is 0.0703 e. The molecule has 0 amide bonds. The molecule has 1 fully saturated rings. The molecule has 1 aliphatic rings. The third-order valence-electron chi connectivity index (χ3n) is 1.80. The van der Waals surface area contributed by atoms with Crippen LogP contribution < -0.4 is 5.32 Å². The zero-order chi connectivity index (χ0) is 6.74. The number of hydrogen-bond donors (Lipinski definition) is 1. The number of nitrogens with zero attached hydrogens (tertiary/aromatic N) is 1. The molecule has 0 bridgehead atoms. The van der Waals surface area contributed by atoms with Crippen LogP contribution in [0.2, 0.25) is 0 Å². The van der Waals surface area contributed by atoms with E-state index in [1.807, 2.05) is 0 Å². The first kappa shape index (κ1) is 6.57. The van der Waals surface area contributed by atoms with Crippen molar-refractivity contribution >= 4 is 0 Å². The highest BCUT2D eigenvalue weighted by atomic mass is 14.9. The van der Waals surface area contributed by atoms with Crippen molar-refractivity contribution in [2.45, 2.75) is 19.8 Å². The molecular formula is C7H12N2. The van der Waals surface area contributed by atoms with Gasteiger partial charge in [0, 0.05) is 6.54 Å². The molecule has 50 valence electrons. The molecule has 0 radical (unpaired) electrons. The van der Waals surface area contributed by atoms with Crippen molar-refractivity contribution in [1.29, 1.82) is 5.26 Å². The summed E-state index contributed by atoms with van der Waals surface area (Å²) >= 11 is 0. The minimum atomic E-state index is 0.0377. The first-order chi connectivity index (χ1) is 4.33. The molecule has 0 aromatic rings. The highest BCUT2D eigenvalue weighted by molar-refractivity contribution is 5.10. The van der Waals surface area contributed by atoms with Gasteiger partial charge in [-0.3, -0.25) is 0 Å². The van der Waals surface area contributed by atoms with Gasteiger partial charge in [0.15, 0.2) is 0 Å². The molecule has 0 heterocycles. The van der Waals surface area contributed by atoms with E-state index >= 15 is 0 Å². The van der Waals surface area contributed by atoms with Crippen LogP contribution in [0.4, 0.5) is 0 Å². The Bertz CT molecular complexity index is 130. The van der Waals surface area contributed by atoms with Gasteiger partial charge in [-0.15, -0.1) is 0 Å². The largest absolute Gasteiger partial charge is 0.315 e. The van der Waals surface area contributed by atoms with Gasteiger partial charge in [-0.25, -0.2) is 0 Å². The maximum absolute atomic E-state index is 8.59. The van der Waals surface area contributed by atoms with Gasteiger partial charge in [-0.1, -0.05) is 6.92 Å². The summed E-state index contributed by atoms with van der Waals surface area (Å²) in [6, 6.07) is 2.32. The van der Waals surface area contributed by atoms with Gasteiger partial charge in [0.05, 0.1) is 11.5 Å². The molecule has 0 saturated heterocycles. The highest BCUT2D eigenvalue weighted by Gasteiger charge is 2.42. The number of nitriles is 1. The van der Waals surface area contributed by atoms with Crippen LogP contribution >= 0.6 is 0 Å². The van der Waals surface area contributed by atoms with Crippen LogP contribution in [-0.2, 0) is 0 Å². The monoisotopic (exact) mass is 124 g/mol. The van der Waals surface area contributed by atoms with Crippen LogP contribution in [0.5, 0.6) is 0 Å². The van der Waals surface area contributed by atoms with E-state index < -0.39 is 0 Å². The quantitative estimate of drug-likeness (QED) is 0.606. The van der Waals surface area contributed by atoms with Crippen molar-refractivity contribution in [3.8, 4) is 6.07 Å². The lowest BCUT2D eigenvalue weighted by molar-refractivity contribution is 0.573. The molecular weight excluding hydrogens is 112 g/mol. The lowest BCUT2D eigenvalue weighted by Crippen LogP contribution is -2.22. The van der Waals surface area contributed by atoms with Crippen molar-refractivity contribution in [3.63, 3.8) is 0 Å². The van der Waals surface area contributed by atoms with Crippen LogP contribution in [0.25, 0.3) is 0 Å². The van der Waals surface area contributed by atoms with E-state index in [0.29, 0.717) is 0 Å². The second kappa shape index (κ2) is 2.36. The van der Waals surface area contributed by atoms with Crippen LogP contribution in [0.3, 0.4) is 0 Å². The van der Waals surface area contributed by atoms with Gasteiger partial charge in [-0.2, -0.15) is 5.26 Å². The Morgan fingerprint density at radius 1 is 1.67 bits per heavy atom. The summed E-state index contributed by atoms with van der Waals surface area (Å²) in [6.07, 6.45) is 2.19. The molecule has 2 nitrogen and oxygen atoms in total. The molecule has 1 aliphatic carbocycles. The van der Waals surface area contributed by atoms with E-state index in [9.17, 15) is 0 Å². The third-order valence-corrected chi connectivity index (χ3v) is 1.80. The van der Waals surface area contributed by atoms with E-state index in [2.05, 4.69) is 18.3 Å². The summed E-state index contributed by atoms with van der Waals surface area (Å²) in [5, 5.41) is 11.8. The fraction of sp³-hybridized carbons (Fsp3) is 0.857. The Labute approximate surface area is 55.9 Å². The molecule has 1 N–H and O–H groups in total. The standard InChI is InChI=1S/C7H12N2/c1-2-9-6-7(5-8)3-4-7/h9H,2-4,6H2,1H3. The van der Waals surface area contributed by atoms with Crippen molar-refractivity contribution in [1.82, 2.24) is 5.32 Å². The molecule has 1 rings (SSSR count). The maximum atomic E-state index is 8.59. The first-order valence-electron chi connectivity index (χ1n) is 3.45. The van der Waals surface area contributed by atoms with E-state index in [1.54, 1.807) is 0 Å². The van der Waals surface area contributed by atoms with Crippen molar-refractivity contribution in [2.75, 3.05) is 13.1 Å². The number of rotatable bonds is 3. The minimum Gasteiger partial charge on any atom is -0.315 e. The Morgan fingerprint density at radius 3 is 2.67 bits per heavy atom. The molecule has 0 atom stereocenters.